The second kappa shape index (κ2) is 9.85. The highest BCUT2D eigenvalue weighted by Crippen LogP contribution is 2.45. The first-order valence-electron chi connectivity index (χ1n) is 10.0. The largest absolute Gasteiger partial charge is 0.396 e. The third-order valence-electron chi connectivity index (χ3n) is 5.27. The van der Waals surface area contributed by atoms with Crippen LogP contribution in [0.4, 0.5) is 5.69 Å². The predicted molar refractivity (Wildman–Crippen MR) is 115 cm³/mol. The van der Waals surface area contributed by atoms with E-state index in [2.05, 4.69) is 32.9 Å². The number of para-hydroxylation sites is 1. The van der Waals surface area contributed by atoms with E-state index in [0.717, 1.165) is 18.5 Å². The molecule has 2 N–H and O–H groups in total. The van der Waals surface area contributed by atoms with Crippen LogP contribution >= 0.6 is 0 Å². The van der Waals surface area contributed by atoms with Crippen LogP contribution in [0.1, 0.15) is 52.5 Å². The van der Waals surface area contributed by atoms with E-state index in [9.17, 15) is 9.90 Å². The number of nitrogens with zero attached hydrogens (tertiary/aromatic N) is 1. The molecule has 0 radical (unpaired) electrons. The van der Waals surface area contributed by atoms with Crippen LogP contribution in [0.15, 0.2) is 59.7 Å². The van der Waals surface area contributed by atoms with E-state index in [-0.39, 0.29) is 18.4 Å². The summed E-state index contributed by atoms with van der Waals surface area (Å²) in [6.07, 6.45) is 10.4. The zero-order valence-corrected chi connectivity index (χ0v) is 17.5. The summed E-state index contributed by atoms with van der Waals surface area (Å²) in [5, 5.41) is 20.4. The van der Waals surface area contributed by atoms with Gasteiger partial charge < -0.3 is 15.1 Å². The topological polar surface area (TPSA) is 60.8 Å². The summed E-state index contributed by atoms with van der Waals surface area (Å²) >= 11 is 0. The van der Waals surface area contributed by atoms with Crippen molar-refractivity contribution in [1.82, 2.24) is 0 Å². The fraction of sp³-hybridized carbons (Fsp3) is 0.458. The zero-order chi connectivity index (χ0) is 20.7. The van der Waals surface area contributed by atoms with E-state index in [0.29, 0.717) is 18.5 Å². The molecule has 0 spiro atoms. The van der Waals surface area contributed by atoms with E-state index in [1.807, 2.05) is 43.3 Å². The summed E-state index contributed by atoms with van der Waals surface area (Å²) in [5.41, 5.74) is 2.38. The second-order valence-corrected chi connectivity index (χ2v) is 7.80. The molecule has 0 aliphatic carbocycles. The number of allylic oxidation sites excluding steroid dienone is 3. The molecule has 4 nitrogen and oxygen atoms in total. The Kier molecular flexibility index (Phi) is 7.78. The number of anilines is 1. The van der Waals surface area contributed by atoms with Crippen molar-refractivity contribution in [2.45, 2.75) is 52.6 Å². The Balaban J connectivity index is 2.23. The minimum absolute atomic E-state index is 0.0507. The highest BCUT2D eigenvalue weighted by atomic mass is 16.3. The van der Waals surface area contributed by atoms with Gasteiger partial charge in [-0.15, -0.1) is 0 Å². The number of aliphatic hydroxyl groups is 2. The van der Waals surface area contributed by atoms with Gasteiger partial charge in [-0.3, -0.25) is 4.79 Å². The van der Waals surface area contributed by atoms with Crippen LogP contribution < -0.4 is 4.90 Å². The third kappa shape index (κ3) is 4.81. The van der Waals surface area contributed by atoms with Crippen molar-refractivity contribution >= 4 is 11.6 Å². The molecule has 0 aromatic heterocycles. The third-order valence-corrected chi connectivity index (χ3v) is 5.27. The van der Waals surface area contributed by atoms with E-state index in [1.165, 1.54) is 11.1 Å². The normalized spacial score (nSPS) is 20.6. The number of benzene rings is 1. The minimum Gasteiger partial charge on any atom is -0.396 e. The van der Waals surface area contributed by atoms with Crippen molar-refractivity contribution in [2.24, 2.45) is 5.92 Å². The highest BCUT2D eigenvalue weighted by molar-refractivity contribution is 6.07. The lowest BCUT2D eigenvalue weighted by atomic mass is 9.83. The van der Waals surface area contributed by atoms with Crippen LogP contribution in [-0.2, 0) is 10.4 Å². The van der Waals surface area contributed by atoms with Gasteiger partial charge in [0.15, 0.2) is 5.60 Å². The lowest BCUT2D eigenvalue weighted by Crippen LogP contribution is -2.44. The second-order valence-electron chi connectivity index (χ2n) is 7.80. The van der Waals surface area contributed by atoms with Crippen LogP contribution in [0.3, 0.4) is 0 Å². The molecule has 152 valence electrons. The molecule has 1 aliphatic rings. The maximum atomic E-state index is 13.2. The first-order chi connectivity index (χ1) is 13.3. The lowest BCUT2D eigenvalue weighted by Gasteiger charge is -2.27. The van der Waals surface area contributed by atoms with Gasteiger partial charge in [0, 0.05) is 24.6 Å². The van der Waals surface area contributed by atoms with Gasteiger partial charge in [-0.1, -0.05) is 60.6 Å². The maximum Gasteiger partial charge on any atom is 0.264 e. The molecule has 0 bridgehead atoms. The molecule has 28 heavy (non-hydrogen) atoms. The summed E-state index contributed by atoms with van der Waals surface area (Å²) in [4.78, 5) is 14.9. The molecule has 1 aliphatic heterocycles. The number of carbonyl (C=O) groups excluding carboxylic acids is 1. The Morgan fingerprint density at radius 3 is 2.57 bits per heavy atom. The molecular weight excluding hydrogens is 350 g/mol. The van der Waals surface area contributed by atoms with Crippen molar-refractivity contribution in [3.8, 4) is 0 Å². The zero-order valence-electron chi connectivity index (χ0n) is 17.5. The fourth-order valence-electron chi connectivity index (χ4n) is 3.53. The molecule has 1 heterocycles. The van der Waals surface area contributed by atoms with Crippen LogP contribution in [0, 0.1) is 5.92 Å². The van der Waals surface area contributed by atoms with Gasteiger partial charge in [0.05, 0.1) is 5.69 Å². The lowest BCUT2D eigenvalue weighted by molar-refractivity contribution is -0.139. The van der Waals surface area contributed by atoms with Crippen molar-refractivity contribution in [3.05, 3.63) is 65.3 Å². The average Bonchev–Trinajstić information content (AvgIpc) is 2.88. The summed E-state index contributed by atoms with van der Waals surface area (Å²) in [7, 11) is 0. The summed E-state index contributed by atoms with van der Waals surface area (Å²) in [6.45, 7) is 8.61. The molecule has 1 amide bonds. The molecule has 1 aromatic rings. The summed E-state index contributed by atoms with van der Waals surface area (Å²) in [5.74, 6) is -0.677. The molecule has 2 atom stereocenters. The van der Waals surface area contributed by atoms with E-state index in [1.54, 1.807) is 4.90 Å². The van der Waals surface area contributed by atoms with Crippen molar-refractivity contribution in [3.63, 3.8) is 0 Å². The molecule has 2 rings (SSSR count). The number of aliphatic hydroxyl groups excluding tert-OH is 1. The number of carbonyl (C=O) groups is 1. The van der Waals surface area contributed by atoms with Crippen LogP contribution in [-0.4, -0.2) is 29.3 Å². The number of fused-ring (bicyclic) bond motifs is 1. The molecule has 1 aromatic carbocycles. The standard InChI is InChI=1S/C24H33NO3/c1-18(2)10-9-11-19(3)15-16-25-22-14-6-5-13-21(22)24(28,23(25)27)20(4)12-7-8-17-26/h5-7,10,12-15,20,26,28H,8-9,11,16-17H2,1-4H3/b12-7+,19-15+/t20-,24+/m1/s1. The van der Waals surface area contributed by atoms with E-state index < -0.39 is 5.60 Å². The fourth-order valence-corrected chi connectivity index (χ4v) is 3.53. The number of amides is 1. The van der Waals surface area contributed by atoms with Gasteiger partial charge in [-0.25, -0.2) is 0 Å². The SMILES string of the molecule is CC(C)=CCC/C(C)=C/CN1C(=O)[C@](O)([C@H](C)/C=C/CCO)c2ccccc21. The molecule has 0 saturated heterocycles. The molecule has 0 fully saturated rings. The maximum absolute atomic E-state index is 13.2. The average molecular weight is 384 g/mol. The van der Waals surface area contributed by atoms with Crippen LogP contribution in [0.2, 0.25) is 0 Å². The van der Waals surface area contributed by atoms with E-state index >= 15 is 0 Å². The first kappa shape index (κ1) is 22.1. The Morgan fingerprint density at radius 1 is 1.18 bits per heavy atom. The van der Waals surface area contributed by atoms with Crippen LogP contribution in [0.25, 0.3) is 0 Å². The monoisotopic (exact) mass is 383 g/mol. The van der Waals surface area contributed by atoms with Gasteiger partial charge in [-0.05, 0) is 46.1 Å². The smallest absolute Gasteiger partial charge is 0.264 e. The van der Waals surface area contributed by atoms with Gasteiger partial charge in [0.1, 0.15) is 0 Å². The molecular formula is C24H33NO3. The molecule has 4 heteroatoms. The van der Waals surface area contributed by atoms with Crippen LogP contribution in [0.5, 0.6) is 0 Å². The van der Waals surface area contributed by atoms with Crippen molar-refractivity contribution in [1.29, 1.82) is 0 Å². The van der Waals surface area contributed by atoms with E-state index in [4.69, 9.17) is 5.11 Å². The van der Waals surface area contributed by atoms with Gasteiger partial charge in [0.25, 0.3) is 5.91 Å². The quantitative estimate of drug-likeness (QED) is 0.618. The Bertz CT molecular complexity index is 774. The van der Waals surface area contributed by atoms with Gasteiger partial charge in [0.2, 0.25) is 0 Å². The Hall–Kier alpha value is -2.17. The van der Waals surface area contributed by atoms with Gasteiger partial charge >= 0.3 is 0 Å². The Labute approximate surface area is 168 Å². The number of hydrogen-bond acceptors (Lipinski definition) is 3. The molecule has 0 saturated carbocycles. The Morgan fingerprint density at radius 2 is 1.89 bits per heavy atom. The summed E-state index contributed by atoms with van der Waals surface area (Å²) < 4.78 is 0. The van der Waals surface area contributed by atoms with Crippen molar-refractivity contribution in [2.75, 3.05) is 18.1 Å². The number of hydrogen-bond donors (Lipinski definition) is 2. The summed E-state index contributed by atoms with van der Waals surface area (Å²) in [6, 6.07) is 7.46. The predicted octanol–water partition coefficient (Wildman–Crippen LogP) is 4.49. The highest BCUT2D eigenvalue weighted by Gasteiger charge is 2.51. The van der Waals surface area contributed by atoms with Gasteiger partial charge in [-0.2, -0.15) is 0 Å². The molecule has 0 unspecified atom stereocenters. The van der Waals surface area contributed by atoms with Crippen molar-refractivity contribution < 1.29 is 15.0 Å². The minimum atomic E-state index is -1.58. The first-order valence-corrected chi connectivity index (χ1v) is 10.0. The number of rotatable bonds is 9.